The molecule has 0 unspecified atom stereocenters. The van der Waals surface area contributed by atoms with Crippen molar-refractivity contribution in [1.29, 1.82) is 0 Å². The molecule has 0 amide bonds. The second-order valence-corrected chi connectivity index (χ2v) is 4.85. The van der Waals surface area contributed by atoms with Gasteiger partial charge >= 0.3 is 0 Å². The molecule has 3 atom stereocenters. The van der Waals surface area contributed by atoms with Gasteiger partial charge in [-0.15, -0.1) is 0 Å². The molecule has 2 bridgehead atoms. The molecule has 1 nitrogen and oxygen atoms in total. The van der Waals surface area contributed by atoms with E-state index in [1.165, 1.54) is 6.42 Å². The van der Waals surface area contributed by atoms with E-state index in [2.05, 4.69) is 20.8 Å². The van der Waals surface area contributed by atoms with Crippen molar-refractivity contribution in [3.8, 4) is 0 Å². The number of carbonyl (C=O) groups excluding carboxylic acids is 1. The zero-order chi connectivity index (χ0) is 8.22. The molecule has 0 aromatic carbocycles. The van der Waals surface area contributed by atoms with Crippen molar-refractivity contribution in [2.24, 2.45) is 23.2 Å². The van der Waals surface area contributed by atoms with E-state index in [-0.39, 0.29) is 0 Å². The maximum absolute atomic E-state index is 11.6. The van der Waals surface area contributed by atoms with Gasteiger partial charge in [0.25, 0.3) is 0 Å². The highest BCUT2D eigenvalue weighted by Crippen LogP contribution is 2.58. The molecule has 3 fully saturated rings. The summed E-state index contributed by atoms with van der Waals surface area (Å²) in [4.78, 5) is 11.6. The normalized spacial score (nSPS) is 46.8. The molecule has 3 saturated carbocycles. The summed E-state index contributed by atoms with van der Waals surface area (Å²) in [7, 11) is 0. The van der Waals surface area contributed by atoms with Crippen LogP contribution in [-0.2, 0) is 4.79 Å². The Balaban J connectivity index is 2.23. The number of carbonyl (C=O) groups is 1. The van der Waals surface area contributed by atoms with Crippen LogP contribution in [0.1, 0.15) is 33.6 Å². The van der Waals surface area contributed by atoms with Crippen LogP contribution in [0.3, 0.4) is 0 Å². The zero-order valence-corrected chi connectivity index (χ0v) is 7.55. The molecule has 0 saturated heterocycles. The number of hydrogen-bond acceptors (Lipinski definition) is 1. The van der Waals surface area contributed by atoms with Crippen LogP contribution in [0.5, 0.6) is 0 Å². The molecule has 3 aliphatic rings. The van der Waals surface area contributed by atoms with Gasteiger partial charge in [-0.05, 0) is 24.2 Å². The summed E-state index contributed by atoms with van der Waals surface area (Å²) in [5.74, 6) is 2.11. The second kappa shape index (κ2) is 1.88. The summed E-state index contributed by atoms with van der Waals surface area (Å²) in [6, 6.07) is 0. The quantitative estimate of drug-likeness (QED) is 0.520. The van der Waals surface area contributed by atoms with Crippen molar-refractivity contribution < 1.29 is 4.79 Å². The Bertz CT molecular complexity index is 205. The molecule has 3 rings (SSSR count). The fourth-order valence-electron chi connectivity index (χ4n) is 2.79. The van der Waals surface area contributed by atoms with Gasteiger partial charge in [0.2, 0.25) is 0 Å². The van der Waals surface area contributed by atoms with Crippen molar-refractivity contribution in [3.63, 3.8) is 0 Å². The van der Waals surface area contributed by atoms with E-state index in [9.17, 15) is 4.79 Å². The molecule has 1 heteroatoms. The number of ketones is 1. The van der Waals surface area contributed by atoms with Crippen molar-refractivity contribution in [2.45, 2.75) is 33.6 Å². The number of Topliss-reactive ketones (excluding diaryl/α,β-unsaturated/α-hetero) is 1. The largest absolute Gasteiger partial charge is 0.299 e. The Kier molecular flexibility index (Phi) is 1.25. The standard InChI is InChI=1S/C10H16O/c1-6-4-7-5-8(9(6)11)10(7,2)3/h6-8H,4-5H2,1-3H3/t6-,7+,8+/m0/s1. The van der Waals surface area contributed by atoms with Crippen molar-refractivity contribution in [1.82, 2.24) is 0 Å². The maximum atomic E-state index is 11.6. The molecular weight excluding hydrogens is 136 g/mol. The molecule has 0 N–H and O–H groups in total. The smallest absolute Gasteiger partial charge is 0.139 e. The Morgan fingerprint density at radius 1 is 1.36 bits per heavy atom. The molecule has 62 valence electrons. The van der Waals surface area contributed by atoms with E-state index in [0.717, 1.165) is 12.3 Å². The van der Waals surface area contributed by atoms with Crippen LogP contribution in [0, 0.1) is 23.2 Å². The minimum Gasteiger partial charge on any atom is -0.299 e. The van der Waals surface area contributed by atoms with Gasteiger partial charge in [-0.2, -0.15) is 0 Å². The minimum atomic E-state index is 0.337. The van der Waals surface area contributed by atoms with Gasteiger partial charge in [0.15, 0.2) is 0 Å². The predicted molar refractivity (Wildman–Crippen MR) is 44.2 cm³/mol. The molecule has 0 aliphatic heterocycles. The third-order valence-corrected chi connectivity index (χ3v) is 3.94. The van der Waals surface area contributed by atoms with Crippen molar-refractivity contribution >= 4 is 5.78 Å². The van der Waals surface area contributed by atoms with Gasteiger partial charge < -0.3 is 0 Å². The second-order valence-electron chi connectivity index (χ2n) is 4.85. The summed E-state index contributed by atoms with van der Waals surface area (Å²) in [6.07, 6.45) is 2.32. The third kappa shape index (κ3) is 0.743. The SMILES string of the molecule is C[C@H]1C[C@@H]2C[C@H](C1=O)C2(C)C. The number of rotatable bonds is 0. The Morgan fingerprint density at radius 3 is 2.36 bits per heavy atom. The molecule has 0 heterocycles. The van der Waals surface area contributed by atoms with E-state index >= 15 is 0 Å². The van der Waals surface area contributed by atoms with E-state index in [4.69, 9.17) is 0 Å². The third-order valence-electron chi connectivity index (χ3n) is 3.94. The summed E-state index contributed by atoms with van der Waals surface area (Å²) in [5.41, 5.74) is 0.337. The van der Waals surface area contributed by atoms with E-state index in [1.807, 2.05) is 0 Å². The summed E-state index contributed by atoms with van der Waals surface area (Å²) < 4.78 is 0. The van der Waals surface area contributed by atoms with E-state index < -0.39 is 0 Å². The topological polar surface area (TPSA) is 17.1 Å². The fourth-order valence-corrected chi connectivity index (χ4v) is 2.79. The highest BCUT2D eigenvalue weighted by Gasteiger charge is 2.56. The molecule has 0 radical (unpaired) electrons. The summed E-state index contributed by atoms with van der Waals surface area (Å²) in [6.45, 7) is 6.57. The minimum absolute atomic E-state index is 0.337. The first-order valence-electron chi connectivity index (χ1n) is 4.57. The highest BCUT2D eigenvalue weighted by molar-refractivity contribution is 5.86. The van der Waals surface area contributed by atoms with Crippen molar-refractivity contribution in [2.75, 3.05) is 0 Å². The molecular formula is C10H16O. The highest BCUT2D eigenvalue weighted by atomic mass is 16.1. The number of hydrogen-bond donors (Lipinski definition) is 0. The monoisotopic (exact) mass is 152 g/mol. The van der Waals surface area contributed by atoms with Crippen LogP contribution in [0.2, 0.25) is 0 Å². The number of fused-ring (bicyclic) bond motifs is 2. The van der Waals surface area contributed by atoms with Gasteiger partial charge in [0, 0.05) is 11.8 Å². The molecule has 3 aliphatic carbocycles. The van der Waals surface area contributed by atoms with Crippen LogP contribution in [0.25, 0.3) is 0 Å². The lowest BCUT2D eigenvalue weighted by molar-refractivity contribution is -0.155. The first kappa shape index (κ1) is 7.33. The van der Waals surface area contributed by atoms with E-state index in [1.54, 1.807) is 0 Å². The maximum Gasteiger partial charge on any atom is 0.139 e. The van der Waals surface area contributed by atoms with Crippen LogP contribution >= 0.6 is 0 Å². The van der Waals surface area contributed by atoms with Crippen LogP contribution in [0.4, 0.5) is 0 Å². The van der Waals surface area contributed by atoms with Crippen LogP contribution in [-0.4, -0.2) is 5.78 Å². The van der Waals surface area contributed by atoms with E-state index in [0.29, 0.717) is 23.0 Å². The molecule has 0 aromatic rings. The first-order valence-corrected chi connectivity index (χ1v) is 4.57. The lowest BCUT2D eigenvalue weighted by Gasteiger charge is -2.57. The van der Waals surface area contributed by atoms with Gasteiger partial charge in [-0.3, -0.25) is 4.79 Å². The molecule has 0 spiro atoms. The zero-order valence-electron chi connectivity index (χ0n) is 7.55. The van der Waals surface area contributed by atoms with Crippen molar-refractivity contribution in [3.05, 3.63) is 0 Å². The lowest BCUT2D eigenvalue weighted by Crippen LogP contribution is -2.55. The summed E-state index contributed by atoms with van der Waals surface area (Å²) >= 11 is 0. The Hall–Kier alpha value is -0.330. The summed E-state index contributed by atoms with van der Waals surface area (Å²) in [5, 5.41) is 0. The molecule has 0 aromatic heterocycles. The first-order chi connectivity index (χ1) is 5.03. The fraction of sp³-hybridized carbons (Fsp3) is 0.900. The van der Waals surface area contributed by atoms with Gasteiger partial charge in [-0.25, -0.2) is 0 Å². The van der Waals surface area contributed by atoms with Gasteiger partial charge in [0.05, 0.1) is 0 Å². The van der Waals surface area contributed by atoms with Crippen LogP contribution < -0.4 is 0 Å². The van der Waals surface area contributed by atoms with Crippen LogP contribution in [0.15, 0.2) is 0 Å². The molecule has 11 heavy (non-hydrogen) atoms. The predicted octanol–water partition coefficient (Wildman–Crippen LogP) is 2.26. The Labute approximate surface area is 68.2 Å². The average molecular weight is 152 g/mol. The van der Waals surface area contributed by atoms with Gasteiger partial charge in [0.1, 0.15) is 5.78 Å². The average Bonchev–Trinajstić information content (AvgIpc) is 1.93. The van der Waals surface area contributed by atoms with Gasteiger partial charge in [-0.1, -0.05) is 20.8 Å². The Morgan fingerprint density at radius 2 is 2.00 bits per heavy atom. The lowest BCUT2D eigenvalue weighted by atomic mass is 9.46.